The Labute approximate surface area is 122 Å². The monoisotopic (exact) mass is 319 g/mol. The second-order valence-corrected chi connectivity index (χ2v) is 5.61. The number of benzene rings is 2. The molecule has 2 nitrogen and oxygen atoms in total. The first-order valence-electron chi connectivity index (χ1n) is 6.37. The summed E-state index contributed by atoms with van der Waals surface area (Å²) in [5.74, 6) is 0. The zero-order valence-electron chi connectivity index (χ0n) is 11.0. The summed E-state index contributed by atoms with van der Waals surface area (Å²) >= 11 is 3.44. The van der Waals surface area contributed by atoms with E-state index in [1.807, 2.05) is 37.3 Å². The Morgan fingerprint density at radius 3 is 2.26 bits per heavy atom. The Balaban J connectivity index is 2.16. The minimum absolute atomic E-state index is 0.351. The maximum absolute atomic E-state index is 9.66. The number of anilines is 1. The highest BCUT2D eigenvalue weighted by molar-refractivity contribution is 9.10. The smallest absolute Gasteiger partial charge is 0.0687 e. The number of nitrogens with zero attached hydrogens (tertiary/aromatic N) is 1. The molecule has 0 aliphatic rings. The van der Waals surface area contributed by atoms with Crippen LogP contribution in [0, 0.1) is 0 Å². The molecular formula is C16H18BrNO. The molecule has 0 fully saturated rings. The lowest BCUT2D eigenvalue weighted by molar-refractivity contribution is 0.199. The van der Waals surface area contributed by atoms with Crippen molar-refractivity contribution in [3.05, 3.63) is 64.6 Å². The van der Waals surface area contributed by atoms with Gasteiger partial charge in [0.25, 0.3) is 0 Å². The molecule has 1 atom stereocenters. The van der Waals surface area contributed by atoms with Crippen LogP contribution in [0.1, 0.15) is 12.5 Å². The largest absolute Gasteiger partial charge is 0.392 e. The molecule has 2 aromatic rings. The molecule has 2 aromatic carbocycles. The van der Waals surface area contributed by atoms with E-state index in [1.54, 1.807) is 0 Å². The molecule has 0 saturated heterocycles. The first-order valence-corrected chi connectivity index (χ1v) is 7.17. The number of halogens is 1. The van der Waals surface area contributed by atoms with E-state index in [-0.39, 0.29) is 6.10 Å². The van der Waals surface area contributed by atoms with E-state index >= 15 is 0 Å². The molecule has 0 saturated carbocycles. The molecule has 3 heteroatoms. The Morgan fingerprint density at radius 1 is 1.05 bits per heavy atom. The quantitative estimate of drug-likeness (QED) is 0.905. The summed E-state index contributed by atoms with van der Waals surface area (Å²) in [7, 11) is 0. The van der Waals surface area contributed by atoms with E-state index in [1.165, 1.54) is 5.56 Å². The summed E-state index contributed by atoms with van der Waals surface area (Å²) in [5.41, 5.74) is 2.36. The van der Waals surface area contributed by atoms with Crippen molar-refractivity contribution in [2.75, 3.05) is 11.4 Å². The summed E-state index contributed by atoms with van der Waals surface area (Å²) < 4.78 is 1.08. The van der Waals surface area contributed by atoms with Crippen molar-refractivity contribution in [1.29, 1.82) is 0 Å². The van der Waals surface area contributed by atoms with Crippen molar-refractivity contribution < 1.29 is 5.11 Å². The van der Waals surface area contributed by atoms with Crippen LogP contribution in [-0.4, -0.2) is 17.8 Å². The molecule has 0 aliphatic carbocycles. The Hall–Kier alpha value is -1.32. The predicted octanol–water partition coefficient (Wildman–Crippen LogP) is 3.84. The van der Waals surface area contributed by atoms with Gasteiger partial charge in [-0.25, -0.2) is 0 Å². The average Bonchev–Trinajstić information content (AvgIpc) is 2.41. The SMILES string of the molecule is CC(O)CN(Cc1ccc(Br)cc1)c1ccccc1. The summed E-state index contributed by atoms with van der Waals surface area (Å²) in [6, 6.07) is 18.5. The summed E-state index contributed by atoms with van der Waals surface area (Å²) in [6.07, 6.45) is -0.351. The van der Waals surface area contributed by atoms with Crippen LogP contribution >= 0.6 is 15.9 Å². The van der Waals surface area contributed by atoms with E-state index in [4.69, 9.17) is 0 Å². The van der Waals surface area contributed by atoms with Crippen molar-refractivity contribution in [1.82, 2.24) is 0 Å². The highest BCUT2D eigenvalue weighted by Gasteiger charge is 2.09. The topological polar surface area (TPSA) is 23.5 Å². The van der Waals surface area contributed by atoms with Crippen LogP contribution in [0.5, 0.6) is 0 Å². The third-order valence-corrected chi connectivity index (χ3v) is 3.42. The Kier molecular flexibility index (Phi) is 5.00. The van der Waals surface area contributed by atoms with Crippen LogP contribution < -0.4 is 4.90 Å². The number of aliphatic hydroxyl groups excluding tert-OH is 1. The number of aliphatic hydroxyl groups is 1. The van der Waals surface area contributed by atoms with Gasteiger partial charge in [0, 0.05) is 23.2 Å². The van der Waals surface area contributed by atoms with Crippen LogP contribution in [0.3, 0.4) is 0 Å². The fourth-order valence-electron chi connectivity index (χ4n) is 2.03. The first kappa shape index (κ1) is 14.1. The van der Waals surface area contributed by atoms with Gasteiger partial charge in [0.05, 0.1) is 6.10 Å². The standard InChI is InChI=1S/C16H18BrNO/c1-13(19)11-18(16-5-3-2-4-6-16)12-14-7-9-15(17)10-8-14/h2-10,13,19H,11-12H2,1H3. The number of rotatable bonds is 5. The lowest BCUT2D eigenvalue weighted by Gasteiger charge is -2.26. The molecule has 0 radical (unpaired) electrons. The van der Waals surface area contributed by atoms with Gasteiger partial charge in [-0.15, -0.1) is 0 Å². The Morgan fingerprint density at radius 2 is 1.68 bits per heavy atom. The molecule has 2 rings (SSSR count). The van der Waals surface area contributed by atoms with Crippen LogP contribution in [0.15, 0.2) is 59.1 Å². The predicted molar refractivity (Wildman–Crippen MR) is 83.3 cm³/mol. The third-order valence-electron chi connectivity index (χ3n) is 2.89. The van der Waals surface area contributed by atoms with Gasteiger partial charge < -0.3 is 10.0 Å². The zero-order valence-corrected chi connectivity index (χ0v) is 12.5. The van der Waals surface area contributed by atoms with E-state index in [9.17, 15) is 5.11 Å². The summed E-state index contributed by atoms with van der Waals surface area (Å²) in [5, 5.41) is 9.66. The van der Waals surface area contributed by atoms with Crippen molar-refractivity contribution in [2.45, 2.75) is 19.6 Å². The van der Waals surface area contributed by atoms with Gasteiger partial charge in [-0.05, 0) is 36.8 Å². The van der Waals surface area contributed by atoms with Gasteiger partial charge >= 0.3 is 0 Å². The maximum atomic E-state index is 9.66. The van der Waals surface area contributed by atoms with E-state index in [0.29, 0.717) is 6.54 Å². The Bertz CT molecular complexity index is 496. The molecule has 0 aromatic heterocycles. The number of hydrogen-bond donors (Lipinski definition) is 1. The van der Waals surface area contributed by atoms with Crippen LogP contribution in [-0.2, 0) is 6.54 Å². The fourth-order valence-corrected chi connectivity index (χ4v) is 2.29. The molecular weight excluding hydrogens is 302 g/mol. The van der Waals surface area contributed by atoms with Gasteiger partial charge in [0.2, 0.25) is 0 Å². The minimum atomic E-state index is -0.351. The molecule has 0 heterocycles. The maximum Gasteiger partial charge on any atom is 0.0687 e. The molecule has 0 amide bonds. The van der Waals surface area contributed by atoms with Crippen molar-refractivity contribution in [3.8, 4) is 0 Å². The summed E-state index contributed by atoms with van der Waals surface area (Å²) in [4.78, 5) is 2.19. The molecule has 1 N–H and O–H groups in total. The highest BCUT2D eigenvalue weighted by atomic mass is 79.9. The molecule has 0 bridgehead atoms. The van der Waals surface area contributed by atoms with Gasteiger partial charge in [0.1, 0.15) is 0 Å². The van der Waals surface area contributed by atoms with Crippen LogP contribution in [0.4, 0.5) is 5.69 Å². The van der Waals surface area contributed by atoms with Gasteiger partial charge in [-0.3, -0.25) is 0 Å². The summed E-state index contributed by atoms with van der Waals surface area (Å²) in [6.45, 7) is 3.24. The van der Waals surface area contributed by atoms with E-state index in [2.05, 4.69) is 45.1 Å². The molecule has 0 spiro atoms. The minimum Gasteiger partial charge on any atom is -0.392 e. The van der Waals surface area contributed by atoms with E-state index in [0.717, 1.165) is 16.7 Å². The normalized spacial score (nSPS) is 12.2. The first-order chi connectivity index (χ1) is 9.15. The second kappa shape index (κ2) is 6.73. The highest BCUT2D eigenvalue weighted by Crippen LogP contribution is 2.18. The third kappa shape index (κ3) is 4.37. The van der Waals surface area contributed by atoms with Crippen molar-refractivity contribution in [3.63, 3.8) is 0 Å². The van der Waals surface area contributed by atoms with Gasteiger partial charge in [0.15, 0.2) is 0 Å². The van der Waals surface area contributed by atoms with Gasteiger partial charge in [-0.1, -0.05) is 46.3 Å². The zero-order chi connectivity index (χ0) is 13.7. The van der Waals surface area contributed by atoms with Crippen LogP contribution in [0.25, 0.3) is 0 Å². The lowest BCUT2D eigenvalue weighted by atomic mass is 10.2. The average molecular weight is 320 g/mol. The van der Waals surface area contributed by atoms with Crippen molar-refractivity contribution >= 4 is 21.6 Å². The second-order valence-electron chi connectivity index (χ2n) is 4.69. The fraction of sp³-hybridized carbons (Fsp3) is 0.250. The number of para-hydroxylation sites is 1. The lowest BCUT2D eigenvalue weighted by Crippen LogP contribution is -2.30. The molecule has 0 aliphatic heterocycles. The molecule has 1 unspecified atom stereocenters. The van der Waals surface area contributed by atoms with Crippen LogP contribution in [0.2, 0.25) is 0 Å². The van der Waals surface area contributed by atoms with E-state index < -0.39 is 0 Å². The van der Waals surface area contributed by atoms with Crippen molar-refractivity contribution in [2.24, 2.45) is 0 Å². The molecule has 19 heavy (non-hydrogen) atoms. The van der Waals surface area contributed by atoms with Gasteiger partial charge in [-0.2, -0.15) is 0 Å². The number of hydrogen-bond acceptors (Lipinski definition) is 2. The molecule has 100 valence electrons.